The fraction of sp³-hybridized carbons (Fsp3) is 0.0448. The largest absolute Gasteiger partial charge is 0.311 e. The molecule has 0 amide bonds. The van der Waals surface area contributed by atoms with Crippen LogP contribution in [-0.2, 0) is 5.41 Å². The summed E-state index contributed by atoms with van der Waals surface area (Å²) in [6.45, 7) is 2.33. The van der Waals surface area contributed by atoms with Gasteiger partial charge in [-0.2, -0.15) is 0 Å². The van der Waals surface area contributed by atoms with Gasteiger partial charge in [-0.05, 0) is 129 Å². The van der Waals surface area contributed by atoms with Crippen LogP contribution in [0.15, 0.2) is 291 Å². The predicted octanol–water partition coefficient (Wildman–Crippen LogP) is 18.4. The Kier molecular flexibility index (Phi) is 12.0. The maximum Gasteiger partial charge on any atom is 0.0540 e. The maximum atomic E-state index is 2.40. The zero-order valence-corrected chi connectivity index (χ0v) is 38.7. The Labute approximate surface area is 407 Å². The molecule has 0 aromatic heterocycles. The second kappa shape index (κ2) is 19.2. The minimum Gasteiger partial charge on any atom is -0.311 e. The lowest BCUT2D eigenvalue weighted by molar-refractivity contribution is 0.595. The molecule has 1 aliphatic carbocycles. The molecule has 0 heterocycles. The van der Waals surface area contributed by atoms with Gasteiger partial charge >= 0.3 is 0 Å². The summed E-state index contributed by atoms with van der Waals surface area (Å²) in [6, 6.07) is 96.3. The van der Waals surface area contributed by atoms with Crippen LogP contribution in [0.3, 0.4) is 0 Å². The van der Waals surface area contributed by atoms with Gasteiger partial charge < -0.3 is 9.80 Å². The Hall–Kier alpha value is -8.72. The number of anilines is 5. The third-order valence-corrected chi connectivity index (χ3v) is 13.5. The lowest BCUT2D eigenvalue weighted by Gasteiger charge is -2.33. The van der Waals surface area contributed by atoms with Gasteiger partial charge in [-0.15, -0.1) is 0 Å². The minimum absolute atomic E-state index is 0.0699. The van der Waals surface area contributed by atoms with Crippen LogP contribution < -0.4 is 9.80 Å². The van der Waals surface area contributed by atoms with Crippen LogP contribution in [0.25, 0.3) is 55.6 Å². The number of nitrogens with zero attached hydrogens (tertiary/aromatic N) is 2. The second-order valence-corrected chi connectivity index (χ2v) is 18.0. The van der Waals surface area contributed by atoms with Crippen LogP contribution in [0.1, 0.15) is 18.9 Å². The van der Waals surface area contributed by atoms with E-state index in [9.17, 15) is 0 Å². The fourth-order valence-corrected chi connectivity index (χ4v) is 9.66. The van der Waals surface area contributed by atoms with Crippen LogP contribution in [0.4, 0.5) is 28.4 Å². The molecule has 11 rings (SSSR count). The molecule has 0 N–H and O–H groups in total. The molecule has 2 heteroatoms. The predicted molar refractivity (Wildman–Crippen MR) is 293 cm³/mol. The zero-order chi connectivity index (χ0) is 46.4. The van der Waals surface area contributed by atoms with E-state index in [0.717, 1.165) is 57.2 Å². The van der Waals surface area contributed by atoms with Crippen molar-refractivity contribution in [2.75, 3.05) is 9.80 Å². The summed E-state index contributed by atoms with van der Waals surface area (Å²) in [6.07, 6.45) is 7.97. The van der Waals surface area contributed by atoms with Crippen LogP contribution in [0.5, 0.6) is 0 Å². The maximum absolute atomic E-state index is 2.40. The summed E-state index contributed by atoms with van der Waals surface area (Å²) >= 11 is 0. The molecule has 330 valence electrons. The van der Waals surface area contributed by atoms with Crippen molar-refractivity contribution in [3.63, 3.8) is 0 Å². The van der Waals surface area contributed by atoms with E-state index in [1.54, 1.807) is 0 Å². The van der Waals surface area contributed by atoms with Gasteiger partial charge in [-0.3, -0.25) is 0 Å². The van der Waals surface area contributed by atoms with E-state index in [2.05, 4.69) is 302 Å². The van der Waals surface area contributed by atoms with Crippen LogP contribution in [0.2, 0.25) is 0 Å². The first-order valence-corrected chi connectivity index (χ1v) is 23.9. The van der Waals surface area contributed by atoms with Crippen molar-refractivity contribution in [2.24, 2.45) is 0 Å². The Morgan fingerprint density at radius 3 is 1.04 bits per heavy atom. The summed E-state index contributed by atoms with van der Waals surface area (Å²) < 4.78 is 0. The first-order chi connectivity index (χ1) is 34.1. The monoisotopic (exact) mass is 884 g/mol. The van der Waals surface area contributed by atoms with Crippen molar-refractivity contribution >= 4 is 28.4 Å². The molecule has 0 saturated heterocycles. The normalized spacial score (nSPS) is 14.2. The van der Waals surface area contributed by atoms with Crippen molar-refractivity contribution in [2.45, 2.75) is 18.8 Å². The number of allylic oxidation sites excluding steroid dienone is 3. The molecule has 0 fully saturated rings. The molecule has 1 aliphatic rings. The second-order valence-electron chi connectivity index (χ2n) is 18.0. The van der Waals surface area contributed by atoms with Crippen LogP contribution in [0, 0.1) is 0 Å². The summed E-state index contributed by atoms with van der Waals surface area (Å²) in [5.74, 6) is 0. The molecule has 0 spiro atoms. The summed E-state index contributed by atoms with van der Waals surface area (Å²) in [7, 11) is 0. The van der Waals surface area contributed by atoms with Crippen molar-refractivity contribution in [1.29, 1.82) is 0 Å². The van der Waals surface area contributed by atoms with Crippen LogP contribution >= 0.6 is 0 Å². The average Bonchev–Trinajstić information content (AvgIpc) is 3.44. The van der Waals surface area contributed by atoms with Gasteiger partial charge in [0.1, 0.15) is 0 Å². The number of rotatable bonds is 12. The van der Waals surface area contributed by atoms with E-state index < -0.39 is 0 Å². The number of hydrogen-bond donors (Lipinski definition) is 0. The topological polar surface area (TPSA) is 6.48 Å². The van der Waals surface area contributed by atoms with Crippen molar-refractivity contribution in [3.8, 4) is 55.6 Å². The molecular formula is C67H52N2. The van der Waals surface area contributed by atoms with Gasteiger partial charge in [0.05, 0.1) is 5.69 Å². The van der Waals surface area contributed by atoms with E-state index in [0.29, 0.717) is 0 Å². The fourth-order valence-electron chi connectivity index (χ4n) is 9.66. The van der Waals surface area contributed by atoms with Crippen molar-refractivity contribution in [3.05, 3.63) is 296 Å². The highest BCUT2D eigenvalue weighted by atomic mass is 15.2. The third kappa shape index (κ3) is 9.09. The Bertz CT molecular complexity index is 3350. The standard InChI is InChI=1S/C67H52N2/c1-67(59-25-15-6-16-26-59)47-45-64(46-48-67)68(60-36-27-53(28-37-60)50-17-7-2-8-18-50)61-38-29-55(30-39-61)56-33-42-63(43-34-56)69(62-40-31-54(32-41-62)51-19-9-3-10-20-51)66-44-35-58(52-21-11-4-12-22-52)49-65(66)57-23-13-5-14-24-57/h2-47,49H,48H2,1H3. The van der Waals surface area contributed by atoms with Crippen molar-refractivity contribution < 1.29 is 0 Å². The molecule has 0 radical (unpaired) electrons. The van der Waals surface area contributed by atoms with Gasteiger partial charge in [0.25, 0.3) is 0 Å². The first kappa shape index (κ1) is 42.9. The van der Waals surface area contributed by atoms with Gasteiger partial charge in [0.15, 0.2) is 0 Å². The number of benzene rings is 10. The molecular weight excluding hydrogens is 833 g/mol. The third-order valence-electron chi connectivity index (χ3n) is 13.5. The van der Waals surface area contributed by atoms with Crippen molar-refractivity contribution in [1.82, 2.24) is 0 Å². The van der Waals surface area contributed by atoms with E-state index >= 15 is 0 Å². The molecule has 10 aromatic carbocycles. The van der Waals surface area contributed by atoms with Gasteiger partial charge in [-0.1, -0.05) is 225 Å². The molecule has 0 saturated carbocycles. The van der Waals surface area contributed by atoms with Crippen LogP contribution in [-0.4, -0.2) is 0 Å². The molecule has 10 aromatic rings. The molecule has 1 atom stereocenters. The smallest absolute Gasteiger partial charge is 0.0540 e. The van der Waals surface area contributed by atoms with E-state index in [1.165, 1.54) is 44.5 Å². The molecule has 69 heavy (non-hydrogen) atoms. The zero-order valence-electron chi connectivity index (χ0n) is 38.7. The van der Waals surface area contributed by atoms with E-state index in [-0.39, 0.29) is 5.41 Å². The van der Waals surface area contributed by atoms with Gasteiger partial charge in [-0.25, -0.2) is 0 Å². The highest BCUT2D eigenvalue weighted by molar-refractivity contribution is 5.91. The quantitative estimate of drug-likeness (QED) is 0.121. The Morgan fingerprint density at radius 2 is 0.652 bits per heavy atom. The lowest BCUT2D eigenvalue weighted by atomic mass is 9.77. The Morgan fingerprint density at radius 1 is 0.319 bits per heavy atom. The minimum atomic E-state index is -0.0699. The summed E-state index contributed by atoms with van der Waals surface area (Å²) in [4.78, 5) is 4.78. The SMILES string of the molecule is CC1(c2ccccc2)C=CC(N(c2ccc(-c3ccccc3)cc2)c2ccc(-c3ccc(N(c4ccc(-c5ccccc5)cc4)c4ccc(-c5ccccc5)cc4-c4ccccc4)cc3)cc2)=CC1. The summed E-state index contributed by atoms with van der Waals surface area (Å²) in [5, 5.41) is 0. The van der Waals surface area contributed by atoms with E-state index in [4.69, 9.17) is 0 Å². The van der Waals surface area contributed by atoms with E-state index in [1.807, 2.05) is 0 Å². The highest BCUT2D eigenvalue weighted by Crippen LogP contribution is 2.44. The molecule has 0 bridgehead atoms. The average molecular weight is 885 g/mol. The highest BCUT2D eigenvalue weighted by Gasteiger charge is 2.27. The van der Waals surface area contributed by atoms with Gasteiger partial charge in [0, 0.05) is 39.4 Å². The summed E-state index contributed by atoms with van der Waals surface area (Å²) in [5.41, 5.74) is 19.7. The number of hydrogen-bond acceptors (Lipinski definition) is 2. The first-order valence-electron chi connectivity index (χ1n) is 23.9. The van der Waals surface area contributed by atoms with Gasteiger partial charge in [0.2, 0.25) is 0 Å². The molecule has 2 nitrogen and oxygen atoms in total. The molecule has 1 unspecified atom stereocenters. The lowest BCUT2D eigenvalue weighted by Crippen LogP contribution is -2.24. The Balaban J connectivity index is 0.945. The molecule has 0 aliphatic heterocycles.